The molecule has 3 nitrogen and oxygen atoms in total. The van der Waals surface area contributed by atoms with E-state index in [9.17, 15) is 0 Å². The van der Waals surface area contributed by atoms with E-state index in [-0.39, 0.29) is 11.0 Å². The highest BCUT2D eigenvalue weighted by molar-refractivity contribution is 5.76. The van der Waals surface area contributed by atoms with Crippen LogP contribution in [0.1, 0.15) is 63.6 Å². The van der Waals surface area contributed by atoms with Crippen LogP contribution in [0.25, 0.3) is 17.8 Å². The van der Waals surface area contributed by atoms with Crippen molar-refractivity contribution in [1.29, 1.82) is 0 Å². The van der Waals surface area contributed by atoms with E-state index in [0.29, 0.717) is 0 Å². The molecule has 0 radical (unpaired) electrons. The first kappa shape index (κ1) is 20.2. The Labute approximate surface area is 169 Å². The smallest absolute Gasteiger partial charge is 0.139 e. The predicted octanol–water partition coefficient (Wildman–Crippen LogP) is 6.75. The maximum atomic E-state index is 4.94. The van der Waals surface area contributed by atoms with Crippen LogP contribution in [0.3, 0.4) is 0 Å². The van der Waals surface area contributed by atoms with Gasteiger partial charge in [-0.05, 0) is 68.9 Å². The Morgan fingerprint density at radius 3 is 2.29 bits per heavy atom. The number of hydrogen-bond donors (Lipinski definition) is 1. The number of anilines is 1. The summed E-state index contributed by atoms with van der Waals surface area (Å²) in [6, 6.07) is 14.7. The predicted molar refractivity (Wildman–Crippen MR) is 122 cm³/mol. The van der Waals surface area contributed by atoms with E-state index in [0.717, 1.165) is 23.6 Å². The lowest BCUT2D eigenvalue weighted by Crippen LogP contribution is -2.36. The second kappa shape index (κ2) is 7.46. The van der Waals surface area contributed by atoms with Crippen LogP contribution in [-0.2, 0) is 0 Å². The molecule has 3 aromatic rings. The molecule has 3 rings (SSSR count). The summed E-state index contributed by atoms with van der Waals surface area (Å²) in [5.74, 6) is 1.06. The van der Waals surface area contributed by atoms with Gasteiger partial charge in [-0.15, -0.1) is 0 Å². The largest absolute Gasteiger partial charge is 0.364 e. The van der Waals surface area contributed by atoms with Gasteiger partial charge >= 0.3 is 0 Å². The van der Waals surface area contributed by atoms with E-state index in [4.69, 9.17) is 4.98 Å². The summed E-state index contributed by atoms with van der Waals surface area (Å²) in [6.45, 7) is 15.7. The summed E-state index contributed by atoms with van der Waals surface area (Å²) in [5, 5.41) is 3.81. The Morgan fingerprint density at radius 1 is 0.964 bits per heavy atom. The van der Waals surface area contributed by atoms with Crippen LogP contribution in [0.4, 0.5) is 5.82 Å². The van der Waals surface area contributed by atoms with Crippen LogP contribution in [0.2, 0.25) is 0 Å². The summed E-state index contributed by atoms with van der Waals surface area (Å²) >= 11 is 0. The molecule has 0 fully saturated rings. The molecule has 3 heteroatoms. The fourth-order valence-corrected chi connectivity index (χ4v) is 4.21. The highest BCUT2D eigenvalue weighted by Gasteiger charge is 2.27. The SMILES string of the molecule is Cc1cc(C)n2c(NC(C)(C)CC(C)(C)C)c(/C=C/c3ccccc3)nc2c1. The highest BCUT2D eigenvalue weighted by atomic mass is 15.2. The minimum absolute atomic E-state index is 0.0547. The van der Waals surface area contributed by atoms with Crippen LogP contribution in [0, 0.1) is 19.3 Å². The lowest BCUT2D eigenvalue weighted by atomic mass is 9.82. The topological polar surface area (TPSA) is 29.3 Å². The molecule has 0 aliphatic rings. The molecule has 0 amide bonds. The molecule has 0 saturated heterocycles. The number of imidazole rings is 1. The summed E-state index contributed by atoms with van der Waals surface area (Å²) in [4.78, 5) is 4.94. The maximum absolute atomic E-state index is 4.94. The van der Waals surface area contributed by atoms with Gasteiger partial charge in [0, 0.05) is 11.2 Å². The van der Waals surface area contributed by atoms with E-state index in [2.05, 4.69) is 107 Å². The van der Waals surface area contributed by atoms with Crippen molar-refractivity contribution in [3.63, 3.8) is 0 Å². The highest BCUT2D eigenvalue weighted by Crippen LogP contribution is 2.32. The number of nitrogens with zero attached hydrogens (tertiary/aromatic N) is 2. The summed E-state index contributed by atoms with van der Waals surface area (Å²) in [5.41, 5.74) is 5.74. The molecule has 0 spiro atoms. The van der Waals surface area contributed by atoms with Crippen molar-refractivity contribution < 1.29 is 0 Å². The van der Waals surface area contributed by atoms with E-state index >= 15 is 0 Å². The molecule has 1 N–H and O–H groups in total. The third kappa shape index (κ3) is 4.83. The number of pyridine rings is 1. The van der Waals surface area contributed by atoms with Crippen LogP contribution in [-0.4, -0.2) is 14.9 Å². The first-order chi connectivity index (χ1) is 13.0. The minimum atomic E-state index is -0.0547. The van der Waals surface area contributed by atoms with E-state index in [1.165, 1.54) is 16.8 Å². The molecule has 0 unspecified atom stereocenters. The number of benzene rings is 1. The quantitative estimate of drug-likeness (QED) is 0.534. The zero-order chi connectivity index (χ0) is 20.5. The van der Waals surface area contributed by atoms with Crippen LogP contribution in [0.5, 0.6) is 0 Å². The number of hydrogen-bond acceptors (Lipinski definition) is 2. The summed E-state index contributed by atoms with van der Waals surface area (Å²) in [7, 11) is 0. The average Bonchev–Trinajstić information content (AvgIpc) is 2.88. The Bertz CT molecular complexity index is 986. The molecule has 28 heavy (non-hydrogen) atoms. The molecule has 148 valence electrons. The zero-order valence-corrected chi connectivity index (χ0v) is 18.3. The van der Waals surface area contributed by atoms with Gasteiger partial charge in [-0.2, -0.15) is 0 Å². The van der Waals surface area contributed by atoms with Gasteiger partial charge in [0.1, 0.15) is 17.2 Å². The van der Waals surface area contributed by atoms with Crippen molar-refractivity contribution in [2.24, 2.45) is 5.41 Å². The molecular formula is C25H33N3. The van der Waals surface area contributed by atoms with Gasteiger partial charge in [0.25, 0.3) is 0 Å². The molecule has 0 aliphatic carbocycles. The Balaban J connectivity index is 2.08. The van der Waals surface area contributed by atoms with Gasteiger partial charge in [-0.25, -0.2) is 4.98 Å². The Hall–Kier alpha value is -2.55. The van der Waals surface area contributed by atoms with Gasteiger partial charge in [0.2, 0.25) is 0 Å². The van der Waals surface area contributed by atoms with E-state index < -0.39 is 0 Å². The van der Waals surface area contributed by atoms with Crippen molar-refractivity contribution in [2.45, 2.75) is 60.4 Å². The first-order valence-electron chi connectivity index (χ1n) is 10.1. The first-order valence-corrected chi connectivity index (χ1v) is 10.1. The van der Waals surface area contributed by atoms with Gasteiger partial charge in [-0.3, -0.25) is 4.40 Å². The van der Waals surface area contributed by atoms with Crippen molar-refractivity contribution in [1.82, 2.24) is 9.38 Å². The molecule has 0 aliphatic heterocycles. The van der Waals surface area contributed by atoms with E-state index in [1.807, 2.05) is 6.07 Å². The number of nitrogens with one attached hydrogen (secondary N) is 1. The molecule has 2 heterocycles. The number of fused-ring (bicyclic) bond motifs is 1. The average molecular weight is 376 g/mol. The van der Waals surface area contributed by atoms with E-state index in [1.54, 1.807) is 0 Å². The maximum Gasteiger partial charge on any atom is 0.139 e. The third-order valence-electron chi connectivity index (χ3n) is 4.74. The number of aromatic nitrogens is 2. The Morgan fingerprint density at radius 2 is 1.64 bits per heavy atom. The standard InChI is InChI=1S/C25H33N3/c1-18-15-19(2)28-22(16-18)26-21(14-13-20-11-9-8-10-12-20)23(28)27-25(6,7)17-24(3,4)5/h8-16,27H,17H2,1-7H3/b14-13+. The van der Waals surface area contributed by atoms with Gasteiger partial charge < -0.3 is 5.32 Å². The zero-order valence-electron chi connectivity index (χ0n) is 18.3. The van der Waals surface area contributed by atoms with Gasteiger partial charge in [-0.1, -0.05) is 57.2 Å². The lowest BCUT2D eigenvalue weighted by Gasteiger charge is -2.34. The molecule has 0 atom stereocenters. The number of rotatable bonds is 5. The van der Waals surface area contributed by atoms with Crippen LogP contribution in [0.15, 0.2) is 42.5 Å². The van der Waals surface area contributed by atoms with Crippen molar-refractivity contribution in [3.8, 4) is 0 Å². The van der Waals surface area contributed by atoms with Crippen molar-refractivity contribution >= 4 is 23.6 Å². The lowest BCUT2D eigenvalue weighted by molar-refractivity contribution is 0.302. The third-order valence-corrected chi connectivity index (χ3v) is 4.74. The fraction of sp³-hybridized carbons (Fsp3) is 0.400. The second-order valence-electron chi connectivity index (χ2n) is 9.70. The van der Waals surface area contributed by atoms with Crippen molar-refractivity contribution in [2.75, 3.05) is 5.32 Å². The van der Waals surface area contributed by atoms with Crippen LogP contribution < -0.4 is 5.32 Å². The normalized spacial score (nSPS) is 12.8. The molecule has 0 saturated carbocycles. The van der Waals surface area contributed by atoms with Gasteiger partial charge in [0.15, 0.2) is 0 Å². The van der Waals surface area contributed by atoms with Crippen molar-refractivity contribution in [3.05, 3.63) is 65.0 Å². The Kier molecular flexibility index (Phi) is 5.38. The molecule has 2 aromatic heterocycles. The molecular weight excluding hydrogens is 342 g/mol. The van der Waals surface area contributed by atoms with Crippen LogP contribution >= 0.6 is 0 Å². The second-order valence-corrected chi connectivity index (χ2v) is 9.70. The van der Waals surface area contributed by atoms with Gasteiger partial charge in [0.05, 0.1) is 0 Å². The summed E-state index contributed by atoms with van der Waals surface area (Å²) < 4.78 is 2.24. The number of aryl methyl sites for hydroxylation is 2. The molecule has 0 bridgehead atoms. The fourth-order valence-electron chi connectivity index (χ4n) is 4.21. The monoisotopic (exact) mass is 375 g/mol. The molecule has 1 aromatic carbocycles. The summed E-state index contributed by atoms with van der Waals surface area (Å²) in [6.07, 6.45) is 5.30. The minimum Gasteiger partial charge on any atom is -0.364 e.